The second kappa shape index (κ2) is 4.87. The van der Waals surface area contributed by atoms with E-state index >= 15 is 0 Å². The van der Waals surface area contributed by atoms with Crippen LogP contribution in [0.1, 0.15) is 32.1 Å². The van der Waals surface area contributed by atoms with Gasteiger partial charge < -0.3 is 10.1 Å². The van der Waals surface area contributed by atoms with Crippen LogP contribution in [-0.2, 0) is 0 Å². The smallest absolute Gasteiger partial charge is 0.189 e. The Morgan fingerprint density at radius 3 is 2.13 bits per heavy atom. The molecule has 1 aliphatic rings. The lowest BCUT2D eigenvalue weighted by Gasteiger charge is -1.83. The fraction of sp³-hybridized carbons (Fsp3) is 0.385. The van der Waals surface area contributed by atoms with Gasteiger partial charge >= 0.3 is 0 Å². The largest absolute Gasteiger partial charge is 0.495 e. The highest BCUT2D eigenvalue weighted by Crippen LogP contribution is 2.17. The fourth-order valence-corrected chi connectivity index (χ4v) is 1.94. The van der Waals surface area contributed by atoms with Crippen molar-refractivity contribution in [1.29, 1.82) is 0 Å². The summed E-state index contributed by atoms with van der Waals surface area (Å²) in [6.07, 6.45) is 7.50. The van der Waals surface area contributed by atoms with E-state index in [1.165, 1.54) is 32.1 Å². The Kier molecular flexibility index (Phi) is 3.28. The molecule has 0 radical (unpaired) electrons. The molecule has 0 saturated heterocycles. The first-order valence-electron chi connectivity index (χ1n) is 5.63. The summed E-state index contributed by atoms with van der Waals surface area (Å²) >= 11 is 0. The third kappa shape index (κ3) is 2.75. The first kappa shape index (κ1) is 10.1. The maximum Gasteiger partial charge on any atom is 0.189 e. The Labute approximate surface area is 89.9 Å². The van der Waals surface area contributed by atoms with Crippen LogP contribution < -0.4 is 0 Å². The molecule has 1 fully saturated rings. The molecule has 2 aromatic rings. The third-order valence-corrected chi connectivity index (χ3v) is 2.77. The van der Waals surface area contributed by atoms with E-state index in [1.807, 2.05) is 24.3 Å². The summed E-state index contributed by atoms with van der Waals surface area (Å²) in [6.45, 7) is 0. The lowest BCUT2D eigenvalue weighted by Crippen LogP contribution is -1.62. The number of nitrogens with one attached hydrogen (secondary N) is 1. The van der Waals surface area contributed by atoms with Crippen LogP contribution in [0, 0.1) is 0 Å². The third-order valence-electron chi connectivity index (χ3n) is 2.77. The van der Waals surface area contributed by atoms with Gasteiger partial charge in [0.1, 0.15) is 0 Å². The molecule has 2 N–H and O–H groups in total. The van der Waals surface area contributed by atoms with E-state index in [4.69, 9.17) is 5.11 Å². The van der Waals surface area contributed by atoms with Crippen molar-refractivity contribution < 1.29 is 5.11 Å². The van der Waals surface area contributed by atoms with Gasteiger partial charge in [-0.3, -0.25) is 0 Å². The van der Waals surface area contributed by atoms with Gasteiger partial charge in [-0.05, 0) is 6.07 Å². The predicted molar refractivity (Wildman–Crippen MR) is 63.0 cm³/mol. The molecule has 2 heteroatoms. The minimum Gasteiger partial charge on any atom is -0.495 e. The zero-order valence-corrected chi connectivity index (χ0v) is 8.87. The van der Waals surface area contributed by atoms with Gasteiger partial charge in [-0.1, -0.05) is 50.3 Å². The number of aromatic nitrogens is 1. The number of para-hydroxylation sites is 1. The molecule has 1 heterocycles. The predicted octanol–water partition coefficient (Wildman–Crippen LogP) is 3.82. The second-order valence-electron chi connectivity index (χ2n) is 4.01. The minimum atomic E-state index is 0.223. The van der Waals surface area contributed by atoms with Crippen molar-refractivity contribution in [2.45, 2.75) is 32.1 Å². The van der Waals surface area contributed by atoms with Crippen molar-refractivity contribution in [3.63, 3.8) is 0 Å². The Balaban J connectivity index is 0.000000144. The van der Waals surface area contributed by atoms with E-state index in [-0.39, 0.29) is 5.88 Å². The summed E-state index contributed by atoms with van der Waals surface area (Å²) in [7, 11) is 0. The van der Waals surface area contributed by atoms with E-state index in [1.54, 1.807) is 6.07 Å². The molecule has 1 aliphatic carbocycles. The quantitative estimate of drug-likeness (QED) is 0.670. The molecule has 2 nitrogen and oxygen atoms in total. The van der Waals surface area contributed by atoms with E-state index in [0.717, 1.165) is 10.9 Å². The number of hydrogen-bond donors (Lipinski definition) is 2. The highest BCUT2D eigenvalue weighted by molar-refractivity contribution is 5.80. The molecule has 0 spiro atoms. The fourth-order valence-electron chi connectivity index (χ4n) is 1.94. The van der Waals surface area contributed by atoms with E-state index in [9.17, 15) is 0 Å². The van der Waals surface area contributed by atoms with Crippen molar-refractivity contribution in [2.24, 2.45) is 0 Å². The van der Waals surface area contributed by atoms with Crippen molar-refractivity contribution in [1.82, 2.24) is 4.98 Å². The highest BCUT2D eigenvalue weighted by Gasteiger charge is 1.95. The Bertz CT molecular complexity index is 375. The molecule has 1 aromatic heterocycles. The van der Waals surface area contributed by atoms with Gasteiger partial charge in [-0.25, -0.2) is 0 Å². The molecule has 0 amide bonds. The van der Waals surface area contributed by atoms with E-state index in [2.05, 4.69) is 4.98 Å². The van der Waals surface area contributed by atoms with Gasteiger partial charge in [-0.15, -0.1) is 0 Å². The minimum absolute atomic E-state index is 0.223. The summed E-state index contributed by atoms with van der Waals surface area (Å²) in [6, 6.07) is 9.45. The van der Waals surface area contributed by atoms with Crippen molar-refractivity contribution in [3.8, 4) is 5.88 Å². The molecule has 1 saturated carbocycles. The lowest BCUT2D eigenvalue weighted by molar-refractivity contribution is 0.458. The Morgan fingerprint density at radius 2 is 1.53 bits per heavy atom. The molecule has 0 atom stereocenters. The molecular weight excluding hydrogens is 186 g/mol. The number of H-pyrrole nitrogens is 1. The van der Waals surface area contributed by atoms with Gasteiger partial charge in [0.15, 0.2) is 5.88 Å². The topological polar surface area (TPSA) is 36.0 Å². The monoisotopic (exact) mass is 203 g/mol. The molecule has 1 aromatic carbocycles. The van der Waals surface area contributed by atoms with Crippen molar-refractivity contribution in [2.75, 3.05) is 0 Å². The first-order chi connectivity index (χ1) is 7.36. The SMILES string of the molecule is C1CCCC1.Oc1cc2ccccc2[nH]1. The van der Waals surface area contributed by atoms with Crippen LogP contribution in [0.5, 0.6) is 5.88 Å². The molecular formula is C13H17NO. The molecule has 15 heavy (non-hydrogen) atoms. The number of hydrogen-bond acceptors (Lipinski definition) is 1. The summed E-state index contributed by atoms with van der Waals surface area (Å²) in [5.41, 5.74) is 0.972. The molecule has 0 bridgehead atoms. The maximum atomic E-state index is 9.00. The van der Waals surface area contributed by atoms with Crippen LogP contribution in [-0.4, -0.2) is 10.1 Å². The zero-order chi connectivity index (χ0) is 10.5. The summed E-state index contributed by atoms with van der Waals surface area (Å²) < 4.78 is 0. The number of benzene rings is 1. The van der Waals surface area contributed by atoms with Gasteiger partial charge in [0, 0.05) is 17.0 Å². The van der Waals surface area contributed by atoms with Crippen LogP contribution in [0.2, 0.25) is 0 Å². The zero-order valence-electron chi connectivity index (χ0n) is 8.87. The summed E-state index contributed by atoms with van der Waals surface area (Å²) in [4.78, 5) is 2.81. The Morgan fingerprint density at radius 1 is 0.933 bits per heavy atom. The average molecular weight is 203 g/mol. The van der Waals surface area contributed by atoms with Gasteiger partial charge in [0.2, 0.25) is 0 Å². The van der Waals surface area contributed by atoms with Gasteiger partial charge in [-0.2, -0.15) is 0 Å². The van der Waals surface area contributed by atoms with E-state index in [0.29, 0.717) is 0 Å². The molecule has 3 rings (SSSR count). The second-order valence-corrected chi connectivity index (χ2v) is 4.01. The van der Waals surface area contributed by atoms with Crippen molar-refractivity contribution in [3.05, 3.63) is 30.3 Å². The summed E-state index contributed by atoms with van der Waals surface area (Å²) in [5.74, 6) is 0.223. The van der Waals surface area contributed by atoms with Gasteiger partial charge in [0.25, 0.3) is 0 Å². The molecule has 0 aliphatic heterocycles. The number of rotatable bonds is 0. The standard InChI is InChI=1S/C8H7NO.C5H10/c10-8-5-6-3-1-2-4-7(6)9-8;1-2-4-5-3-1/h1-5,9-10H;1-5H2. The van der Waals surface area contributed by atoms with Crippen LogP contribution in [0.25, 0.3) is 10.9 Å². The van der Waals surface area contributed by atoms with Crippen LogP contribution in [0.3, 0.4) is 0 Å². The molecule has 80 valence electrons. The average Bonchev–Trinajstić information content (AvgIpc) is 2.87. The number of aromatic amines is 1. The van der Waals surface area contributed by atoms with Crippen LogP contribution >= 0.6 is 0 Å². The normalized spacial score (nSPS) is 14.9. The lowest BCUT2D eigenvalue weighted by atomic mass is 10.3. The first-order valence-corrected chi connectivity index (χ1v) is 5.63. The van der Waals surface area contributed by atoms with Crippen LogP contribution in [0.15, 0.2) is 30.3 Å². The number of fused-ring (bicyclic) bond motifs is 1. The van der Waals surface area contributed by atoms with Crippen LogP contribution in [0.4, 0.5) is 0 Å². The van der Waals surface area contributed by atoms with Crippen molar-refractivity contribution >= 4 is 10.9 Å². The number of aromatic hydroxyl groups is 1. The highest BCUT2D eigenvalue weighted by atomic mass is 16.3. The van der Waals surface area contributed by atoms with E-state index < -0.39 is 0 Å². The molecule has 0 unspecified atom stereocenters. The Hall–Kier alpha value is -1.44. The van der Waals surface area contributed by atoms with Gasteiger partial charge in [0.05, 0.1) is 0 Å². The maximum absolute atomic E-state index is 9.00. The summed E-state index contributed by atoms with van der Waals surface area (Å²) in [5, 5.41) is 10.0.